The van der Waals surface area contributed by atoms with Crippen LogP contribution in [0.1, 0.15) is 13.8 Å². The second-order valence-corrected chi connectivity index (χ2v) is 9.94. The van der Waals surface area contributed by atoms with Gasteiger partial charge < -0.3 is 46.0 Å². The van der Waals surface area contributed by atoms with Crippen molar-refractivity contribution in [3.8, 4) is 0 Å². The third-order valence-corrected chi connectivity index (χ3v) is 5.37. The summed E-state index contributed by atoms with van der Waals surface area (Å²) in [6.07, 6.45) is -0.324. The number of hydrogen-bond donors (Lipinski definition) is 12. The van der Waals surface area contributed by atoms with Gasteiger partial charge in [-0.2, -0.15) is 0 Å². The van der Waals surface area contributed by atoms with Crippen LogP contribution in [-0.4, -0.2) is 196 Å². The fraction of sp³-hybridized carbons (Fsp3) is 1.00. The largest absolute Gasteiger partial charge is 0.395 e. The first kappa shape index (κ1) is 45.1. The van der Waals surface area contributed by atoms with Crippen LogP contribution in [0.4, 0.5) is 0 Å². The molecule has 16 nitrogen and oxygen atoms in total. The summed E-state index contributed by atoms with van der Waals surface area (Å²) in [5, 5.41) is 76.4. The maximum atomic E-state index is 8.48. The van der Waals surface area contributed by atoms with Crippen molar-refractivity contribution < 1.29 is 78.5 Å². The molecule has 0 aromatic heterocycles. The van der Waals surface area contributed by atoms with Crippen molar-refractivity contribution in [1.82, 2.24) is 14.7 Å². The van der Waals surface area contributed by atoms with Crippen molar-refractivity contribution >= 4 is 0 Å². The van der Waals surface area contributed by atoms with E-state index < -0.39 is 18.1 Å². The standard InChI is InChI=1S/3C6H15NO3.C3H7O.3H2O.Ti/c3*8-4-1-7(2-5-9)3-6-10;1-3(2)4;;;;/h3*8-10H,1-6H2;3H,1-2H3;3*1H2;/q;;;-1;;;;+4/p-3. The predicted molar refractivity (Wildman–Crippen MR) is 136 cm³/mol. The molecule has 0 fully saturated rings. The Morgan fingerprint density at radius 3 is 0.632 bits per heavy atom. The normalized spacial score (nSPS) is 11.2. The molecule has 0 heterocycles. The quantitative estimate of drug-likeness (QED) is 0.0576. The SMILES string of the molecule is CC(C)[O][Ti]([OH])([OH])[OH].OCCN(CCO)CCO.OCCN(CCO)CCO.OCCN(CCO)CCO. The molecule has 17 heteroatoms. The van der Waals surface area contributed by atoms with Gasteiger partial charge in [0.15, 0.2) is 0 Å². The summed E-state index contributed by atoms with van der Waals surface area (Å²) in [7, 11) is 0. The molecule has 0 aliphatic heterocycles. The molecule has 0 saturated heterocycles. The van der Waals surface area contributed by atoms with Crippen LogP contribution < -0.4 is 0 Å². The van der Waals surface area contributed by atoms with E-state index in [1.54, 1.807) is 28.5 Å². The van der Waals surface area contributed by atoms with E-state index in [9.17, 15) is 0 Å². The Labute approximate surface area is 231 Å². The number of nitrogens with zero attached hydrogens (tertiary/aromatic N) is 3. The van der Waals surface area contributed by atoms with Gasteiger partial charge in [0, 0.05) is 58.9 Å². The van der Waals surface area contributed by atoms with Gasteiger partial charge in [0.1, 0.15) is 0 Å². The van der Waals surface area contributed by atoms with Crippen molar-refractivity contribution in [2.45, 2.75) is 20.0 Å². The molecule has 236 valence electrons. The predicted octanol–water partition coefficient (Wildman–Crippen LogP) is -6.00. The summed E-state index contributed by atoms with van der Waals surface area (Å²) in [6, 6.07) is 0. The third kappa shape index (κ3) is 43.1. The summed E-state index contributed by atoms with van der Waals surface area (Å²) >= 11 is -4.66. The Morgan fingerprint density at radius 2 is 0.579 bits per heavy atom. The summed E-state index contributed by atoms with van der Waals surface area (Å²) in [6.45, 7) is 8.49. The zero-order valence-corrected chi connectivity index (χ0v) is 24.5. The Kier molecular flexibility index (Phi) is 41.6. The maximum Gasteiger partial charge on any atom is 0.0558 e. The molecule has 0 aromatic carbocycles. The number of hydrogen-bond acceptors (Lipinski definition) is 16. The maximum absolute atomic E-state index is 8.48. The molecule has 0 aromatic rings. The minimum absolute atomic E-state index is 0.0694. The van der Waals surface area contributed by atoms with Crippen LogP contribution in [0.3, 0.4) is 0 Å². The first-order valence-electron chi connectivity index (χ1n) is 12.5. The molecule has 12 N–H and O–H groups in total. The van der Waals surface area contributed by atoms with E-state index in [1.807, 2.05) is 0 Å². The summed E-state index contributed by atoms with van der Waals surface area (Å²) in [5.74, 6) is 0. The van der Waals surface area contributed by atoms with Gasteiger partial charge in [-0.15, -0.1) is 0 Å². The van der Waals surface area contributed by atoms with E-state index in [2.05, 4.69) is 3.32 Å². The van der Waals surface area contributed by atoms with Crippen LogP contribution in [0.15, 0.2) is 0 Å². The van der Waals surface area contributed by atoms with Gasteiger partial charge in [-0.25, -0.2) is 0 Å². The monoisotopic (exact) mass is 605 g/mol. The van der Waals surface area contributed by atoms with Gasteiger partial charge in [0.25, 0.3) is 0 Å². The molecule has 0 saturated carbocycles. The average molecular weight is 606 g/mol. The van der Waals surface area contributed by atoms with E-state index in [0.717, 1.165) is 0 Å². The molecule has 0 aliphatic rings. The average Bonchev–Trinajstić information content (AvgIpc) is 2.80. The van der Waals surface area contributed by atoms with Crippen molar-refractivity contribution in [1.29, 1.82) is 0 Å². The van der Waals surface area contributed by atoms with Gasteiger partial charge in [-0.1, -0.05) is 0 Å². The fourth-order valence-electron chi connectivity index (χ4n) is 2.60. The Balaban J connectivity index is -0.000000204. The summed E-state index contributed by atoms with van der Waals surface area (Å²) in [5.41, 5.74) is 0. The molecule has 0 atom stereocenters. The fourth-order valence-corrected chi connectivity index (χ4v) is 3.58. The zero-order valence-electron chi connectivity index (χ0n) is 22.9. The van der Waals surface area contributed by atoms with Crippen molar-refractivity contribution in [3.63, 3.8) is 0 Å². The molecule has 0 unspecified atom stereocenters. The Hall–Kier alpha value is 0.0743. The molecule has 38 heavy (non-hydrogen) atoms. The van der Waals surface area contributed by atoms with Gasteiger partial charge in [-0.05, 0) is 0 Å². The van der Waals surface area contributed by atoms with Gasteiger partial charge in [0.2, 0.25) is 0 Å². The number of aliphatic hydroxyl groups is 9. The Morgan fingerprint density at radius 1 is 0.421 bits per heavy atom. The molecule has 0 spiro atoms. The first-order valence-corrected chi connectivity index (χ1v) is 15.2. The third-order valence-electron chi connectivity index (χ3n) is 4.14. The van der Waals surface area contributed by atoms with Crippen LogP contribution in [-0.2, 0) is 21.5 Å². The molecular formula is C21H55N3O13Ti. The van der Waals surface area contributed by atoms with Crippen LogP contribution in [0, 0.1) is 0 Å². The van der Waals surface area contributed by atoms with E-state index in [0.29, 0.717) is 58.9 Å². The molecule has 0 amide bonds. The smallest absolute Gasteiger partial charge is 0.0558 e. The summed E-state index contributed by atoms with van der Waals surface area (Å²) < 4.78 is 29.1. The van der Waals surface area contributed by atoms with Gasteiger partial charge in [0.05, 0.1) is 59.5 Å². The molecule has 0 rings (SSSR count). The van der Waals surface area contributed by atoms with E-state index in [-0.39, 0.29) is 65.6 Å². The van der Waals surface area contributed by atoms with E-state index in [4.69, 9.17) is 57.0 Å². The van der Waals surface area contributed by atoms with Crippen molar-refractivity contribution in [2.24, 2.45) is 0 Å². The van der Waals surface area contributed by atoms with E-state index in [1.165, 1.54) is 0 Å². The van der Waals surface area contributed by atoms with Gasteiger partial charge in [-0.3, -0.25) is 14.7 Å². The minimum atomic E-state index is -4.66. The Bertz CT molecular complexity index is 343. The molecule has 0 aliphatic carbocycles. The van der Waals surface area contributed by atoms with Crippen molar-refractivity contribution in [2.75, 3.05) is 118 Å². The zero-order chi connectivity index (χ0) is 30.2. The van der Waals surface area contributed by atoms with Crippen LogP contribution in [0.2, 0.25) is 0 Å². The topological polar surface area (TPSA) is 262 Å². The van der Waals surface area contributed by atoms with Crippen LogP contribution in [0.5, 0.6) is 0 Å². The van der Waals surface area contributed by atoms with Crippen LogP contribution in [0.25, 0.3) is 0 Å². The van der Waals surface area contributed by atoms with Gasteiger partial charge >= 0.3 is 52.5 Å². The molecular weight excluding hydrogens is 550 g/mol. The molecule has 0 bridgehead atoms. The van der Waals surface area contributed by atoms with Crippen molar-refractivity contribution in [3.05, 3.63) is 0 Å². The number of rotatable bonds is 20. The van der Waals surface area contributed by atoms with Crippen LogP contribution >= 0.6 is 0 Å². The second-order valence-electron chi connectivity index (χ2n) is 7.78. The second kappa shape index (κ2) is 35.1. The molecule has 0 radical (unpaired) electrons. The summed E-state index contributed by atoms with van der Waals surface area (Å²) in [4.78, 5) is 5.38. The minimum Gasteiger partial charge on any atom is -0.395 e. The van der Waals surface area contributed by atoms with E-state index >= 15 is 0 Å². The number of aliphatic hydroxyl groups excluding tert-OH is 9. The first-order chi connectivity index (χ1) is 18.0.